The Morgan fingerprint density at radius 1 is 0.969 bits per heavy atom. The first kappa shape index (κ1) is 21.2. The van der Waals surface area contributed by atoms with Gasteiger partial charge in [0.15, 0.2) is 0 Å². The summed E-state index contributed by atoms with van der Waals surface area (Å²) >= 11 is 0. The molecule has 0 atom stereocenters. The van der Waals surface area contributed by atoms with E-state index in [-0.39, 0.29) is 11.7 Å². The van der Waals surface area contributed by atoms with E-state index in [9.17, 15) is 9.90 Å². The molecule has 4 rings (SSSR count). The van der Waals surface area contributed by atoms with E-state index in [1.165, 1.54) is 0 Å². The molecule has 162 valence electrons. The molecule has 0 aliphatic rings. The molecule has 1 heterocycles. The third-order valence-corrected chi connectivity index (χ3v) is 5.28. The van der Waals surface area contributed by atoms with Gasteiger partial charge in [-0.1, -0.05) is 30.3 Å². The lowest BCUT2D eigenvalue weighted by atomic mass is 10.0. The number of phenols is 1. The first-order valence-electron chi connectivity index (χ1n) is 10.3. The molecule has 2 N–H and O–H groups in total. The van der Waals surface area contributed by atoms with Crippen molar-refractivity contribution in [2.24, 2.45) is 0 Å². The zero-order valence-electron chi connectivity index (χ0n) is 18.0. The number of aromatic hydroxyl groups is 1. The summed E-state index contributed by atoms with van der Waals surface area (Å²) in [6, 6.07) is 21.8. The van der Waals surface area contributed by atoms with Crippen LogP contribution in [-0.2, 0) is 6.42 Å². The number of phenolic OH excluding ortho intramolecular Hbond substituents is 1. The van der Waals surface area contributed by atoms with Crippen LogP contribution in [0.1, 0.15) is 15.9 Å². The Kier molecular flexibility index (Phi) is 6.22. The van der Waals surface area contributed by atoms with Gasteiger partial charge in [0.25, 0.3) is 5.91 Å². The van der Waals surface area contributed by atoms with Gasteiger partial charge in [0.05, 0.1) is 31.0 Å². The Balaban J connectivity index is 1.67. The number of amides is 1. The number of carbonyl (C=O) groups excluding carboxylic acids is 1. The minimum atomic E-state index is -0.175. The fraction of sp³-hybridized carbons (Fsp3) is 0.154. The number of carbonyl (C=O) groups is 1. The summed E-state index contributed by atoms with van der Waals surface area (Å²) in [6.07, 6.45) is 0.658. The predicted octanol–water partition coefficient (Wildman–Crippen LogP) is 4.60. The van der Waals surface area contributed by atoms with Crippen molar-refractivity contribution in [3.8, 4) is 28.5 Å². The van der Waals surface area contributed by atoms with E-state index >= 15 is 0 Å². The van der Waals surface area contributed by atoms with Gasteiger partial charge in [-0.2, -0.15) is 0 Å². The van der Waals surface area contributed by atoms with Crippen LogP contribution in [0.3, 0.4) is 0 Å². The maximum atomic E-state index is 13.1. The number of methoxy groups -OCH3 is 2. The summed E-state index contributed by atoms with van der Waals surface area (Å²) in [6.45, 7) is 0.470. The average Bonchev–Trinajstić information content (AvgIpc) is 2.84. The quantitative estimate of drug-likeness (QED) is 0.450. The molecular formula is C26H24N2O4. The van der Waals surface area contributed by atoms with E-state index in [1.807, 2.05) is 54.6 Å². The van der Waals surface area contributed by atoms with Gasteiger partial charge in [-0.3, -0.25) is 4.79 Å². The maximum Gasteiger partial charge on any atom is 0.252 e. The molecule has 0 saturated carbocycles. The first-order valence-corrected chi connectivity index (χ1v) is 10.3. The number of hydrogen-bond donors (Lipinski definition) is 2. The standard InChI is InChI=1S/C26H24N2O4/c1-31-19-11-12-25(32-2)22(15-19)24-16-21(20-5-3-4-6-23(20)28-24)26(30)27-14-13-17-7-9-18(29)10-8-17/h3-12,15-16,29H,13-14H2,1-2H3,(H,27,30). The number of para-hydroxylation sites is 1. The largest absolute Gasteiger partial charge is 0.508 e. The van der Waals surface area contributed by atoms with Gasteiger partial charge in [-0.15, -0.1) is 0 Å². The highest BCUT2D eigenvalue weighted by Crippen LogP contribution is 2.34. The first-order chi connectivity index (χ1) is 15.6. The number of fused-ring (bicyclic) bond motifs is 1. The lowest BCUT2D eigenvalue weighted by Crippen LogP contribution is -2.26. The van der Waals surface area contributed by atoms with Crippen LogP contribution in [0.5, 0.6) is 17.2 Å². The lowest BCUT2D eigenvalue weighted by molar-refractivity contribution is 0.0955. The highest BCUT2D eigenvalue weighted by Gasteiger charge is 2.16. The van der Waals surface area contributed by atoms with Crippen LogP contribution in [0, 0.1) is 0 Å². The highest BCUT2D eigenvalue weighted by atomic mass is 16.5. The summed E-state index contributed by atoms with van der Waals surface area (Å²) in [7, 11) is 3.20. The Bertz CT molecular complexity index is 1250. The van der Waals surface area contributed by atoms with Crippen molar-refractivity contribution in [3.05, 3.63) is 83.9 Å². The van der Waals surface area contributed by atoms with E-state index in [2.05, 4.69) is 5.32 Å². The molecule has 6 nitrogen and oxygen atoms in total. The van der Waals surface area contributed by atoms with Crippen LogP contribution in [0.15, 0.2) is 72.8 Å². The highest BCUT2D eigenvalue weighted by molar-refractivity contribution is 6.07. The zero-order chi connectivity index (χ0) is 22.5. The van der Waals surface area contributed by atoms with Crippen molar-refractivity contribution >= 4 is 16.8 Å². The summed E-state index contributed by atoms with van der Waals surface area (Å²) in [5.74, 6) is 1.37. The molecule has 4 aromatic rings. The van der Waals surface area contributed by atoms with Gasteiger partial charge in [0.2, 0.25) is 0 Å². The smallest absolute Gasteiger partial charge is 0.252 e. The molecule has 6 heteroatoms. The van der Waals surface area contributed by atoms with Crippen molar-refractivity contribution in [2.45, 2.75) is 6.42 Å². The van der Waals surface area contributed by atoms with Crippen LogP contribution >= 0.6 is 0 Å². The molecule has 0 spiro atoms. The second-order valence-electron chi connectivity index (χ2n) is 7.31. The van der Waals surface area contributed by atoms with E-state index < -0.39 is 0 Å². The second kappa shape index (κ2) is 9.39. The molecule has 32 heavy (non-hydrogen) atoms. The van der Waals surface area contributed by atoms with Crippen LogP contribution in [-0.4, -0.2) is 36.8 Å². The van der Waals surface area contributed by atoms with Crippen molar-refractivity contribution in [1.29, 1.82) is 0 Å². The number of ether oxygens (including phenoxy) is 2. The summed E-state index contributed by atoms with van der Waals surface area (Å²) in [5, 5.41) is 13.2. The number of nitrogens with zero attached hydrogens (tertiary/aromatic N) is 1. The van der Waals surface area contributed by atoms with Crippen molar-refractivity contribution in [2.75, 3.05) is 20.8 Å². The molecular weight excluding hydrogens is 404 g/mol. The van der Waals surface area contributed by atoms with Crippen molar-refractivity contribution in [1.82, 2.24) is 10.3 Å². The van der Waals surface area contributed by atoms with E-state index in [4.69, 9.17) is 14.5 Å². The summed E-state index contributed by atoms with van der Waals surface area (Å²) in [4.78, 5) is 17.9. The van der Waals surface area contributed by atoms with Crippen LogP contribution in [0.2, 0.25) is 0 Å². The van der Waals surface area contributed by atoms with Gasteiger partial charge in [-0.25, -0.2) is 4.98 Å². The monoisotopic (exact) mass is 428 g/mol. The minimum Gasteiger partial charge on any atom is -0.508 e. The van der Waals surface area contributed by atoms with E-state index in [0.717, 1.165) is 22.0 Å². The van der Waals surface area contributed by atoms with Gasteiger partial charge in [0.1, 0.15) is 17.2 Å². The molecule has 3 aromatic carbocycles. The number of aromatic nitrogens is 1. The average molecular weight is 428 g/mol. The summed E-state index contributed by atoms with van der Waals surface area (Å²) in [5.41, 5.74) is 3.67. The van der Waals surface area contributed by atoms with Gasteiger partial charge >= 0.3 is 0 Å². The molecule has 0 radical (unpaired) electrons. The van der Waals surface area contributed by atoms with Gasteiger partial charge in [0, 0.05) is 17.5 Å². The Morgan fingerprint density at radius 2 is 1.75 bits per heavy atom. The van der Waals surface area contributed by atoms with Crippen LogP contribution in [0.4, 0.5) is 0 Å². The summed E-state index contributed by atoms with van der Waals surface area (Å²) < 4.78 is 10.9. The Morgan fingerprint density at radius 3 is 2.50 bits per heavy atom. The molecule has 1 aromatic heterocycles. The predicted molar refractivity (Wildman–Crippen MR) is 124 cm³/mol. The van der Waals surface area contributed by atoms with Crippen LogP contribution < -0.4 is 14.8 Å². The number of hydrogen-bond acceptors (Lipinski definition) is 5. The van der Waals surface area contributed by atoms with E-state index in [1.54, 1.807) is 32.4 Å². The van der Waals surface area contributed by atoms with Crippen molar-refractivity contribution < 1.29 is 19.4 Å². The molecule has 0 aliphatic heterocycles. The van der Waals surface area contributed by atoms with Gasteiger partial charge in [-0.05, 0) is 54.4 Å². The maximum absolute atomic E-state index is 13.1. The SMILES string of the molecule is COc1ccc(OC)c(-c2cc(C(=O)NCCc3ccc(O)cc3)c3ccccc3n2)c1. The number of pyridine rings is 1. The number of rotatable bonds is 7. The van der Waals surface area contributed by atoms with E-state index in [0.29, 0.717) is 35.7 Å². The van der Waals surface area contributed by atoms with Crippen molar-refractivity contribution in [3.63, 3.8) is 0 Å². The minimum absolute atomic E-state index is 0.175. The Labute approximate surface area is 186 Å². The van der Waals surface area contributed by atoms with Crippen LogP contribution in [0.25, 0.3) is 22.2 Å². The van der Waals surface area contributed by atoms with Gasteiger partial charge < -0.3 is 19.9 Å². The normalized spacial score (nSPS) is 10.7. The third kappa shape index (κ3) is 4.49. The molecule has 1 amide bonds. The lowest BCUT2D eigenvalue weighted by Gasteiger charge is -2.13. The number of benzene rings is 3. The second-order valence-corrected chi connectivity index (χ2v) is 7.31. The zero-order valence-corrected chi connectivity index (χ0v) is 18.0. The fourth-order valence-electron chi connectivity index (χ4n) is 3.59. The third-order valence-electron chi connectivity index (χ3n) is 5.28. The fourth-order valence-corrected chi connectivity index (χ4v) is 3.59. The molecule has 0 bridgehead atoms. The molecule has 0 fully saturated rings. The number of nitrogens with one attached hydrogen (secondary N) is 1. The molecule has 0 saturated heterocycles. The molecule has 0 aliphatic carbocycles. The topological polar surface area (TPSA) is 80.7 Å². The molecule has 0 unspecified atom stereocenters. The Hall–Kier alpha value is -4.06.